The zero-order valence-corrected chi connectivity index (χ0v) is 12.2. The number of hydrogen-bond donors (Lipinski definition) is 0. The summed E-state index contributed by atoms with van der Waals surface area (Å²) in [6.45, 7) is 3.37. The zero-order chi connectivity index (χ0) is 10.9. The summed E-state index contributed by atoms with van der Waals surface area (Å²) in [5.41, 5.74) is 1.19. The Morgan fingerprint density at radius 2 is 1.50 bits per heavy atom. The van der Waals surface area contributed by atoms with Crippen molar-refractivity contribution in [2.75, 3.05) is 7.11 Å². The first-order valence-electron chi connectivity index (χ1n) is 3.96. The van der Waals surface area contributed by atoms with E-state index in [1.54, 1.807) is 26.0 Å². The summed E-state index contributed by atoms with van der Waals surface area (Å²) in [6, 6.07) is 3.28. The molecule has 16 heavy (non-hydrogen) atoms. The van der Waals surface area contributed by atoms with Crippen molar-refractivity contribution in [2.24, 2.45) is 0 Å². The van der Waals surface area contributed by atoms with E-state index in [4.69, 9.17) is 15.4 Å². The number of aryl methyl sites for hydroxylation is 2. The van der Waals surface area contributed by atoms with Gasteiger partial charge in [0, 0.05) is 10.7 Å². The van der Waals surface area contributed by atoms with E-state index in [1.807, 2.05) is 0 Å². The van der Waals surface area contributed by atoms with Crippen LogP contribution in [0.5, 0.6) is 5.75 Å². The summed E-state index contributed by atoms with van der Waals surface area (Å²) >= 11 is 0. The Hall–Kier alpha value is -0.160. The van der Waals surface area contributed by atoms with E-state index >= 15 is 0 Å². The molecule has 3 nitrogen and oxygen atoms in total. The molecule has 94 valence electrons. The normalized spacial score (nSPS) is 10.0. The lowest BCUT2D eigenvalue weighted by Crippen LogP contribution is -1.99. The molecule has 0 spiro atoms. The van der Waals surface area contributed by atoms with Crippen molar-refractivity contribution in [2.45, 2.75) is 18.7 Å². The van der Waals surface area contributed by atoms with Gasteiger partial charge in [-0.2, -0.15) is 0 Å². The van der Waals surface area contributed by atoms with Gasteiger partial charge in [0.2, 0.25) is 0 Å². The van der Waals surface area contributed by atoms with Gasteiger partial charge in [-0.25, -0.2) is 8.42 Å². The Labute approximate surface area is 112 Å². The fourth-order valence-electron chi connectivity index (χ4n) is 1.41. The summed E-state index contributed by atoms with van der Waals surface area (Å²) in [6.07, 6.45) is 0. The van der Waals surface area contributed by atoms with E-state index < -0.39 is 9.05 Å². The van der Waals surface area contributed by atoms with Crippen LogP contribution in [0.1, 0.15) is 11.1 Å². The predicted molar refractivity (Wildman–Crippen MR) is 70.0 cm³/mol. The molecule has 7 heteroatoms. The summed E-state index contributed by atoms with van der Waals surface area (Å²) in [4.78, 5) is 0.167. The molecule has 0 amide bonds. The van der Waals surface area contributed by atoms with Gasteiger partial charge in [-0.05, 0) is 37.1 Å². The highest BCUT2D eigenvalue weighted by atomic mass is 35.7. The molecule has 0 aliphatic carbocycles. The first kappa shape index (κ1) is 18.2. The van der Waals surface area contributed by atoms with Crippen molar-refractivity contribution in [3.63, 3.8) is 0 Å². The van der Waals surface area contributed by atoms with Gasteiger partial charge in [0.1, 0.15) is 5.75 Å². The molecular formula is C9H13Cl3O3S. The van der Waals surface area contributed by atoms with Gasteiger partial charge in [0.15, 0.2) is 0 Å². The minimum Gasteiger partial charge on any atom is -0.497 e. The largest absolute Gasteiger partial charge is 0.497 e. The molecule has 0 atom stereocenters. The third-order valence-corrected chi connectivity index (χ3v) is 3.51. The van der Waals surface area contributed by atoms with Gasteiger partial charge in [-0.1, -0.05) is 0 Å². The van der Waals surface area contributed by atoms with E-state index in [0.717, 1.165) is 0 Å². The second kappa shape index (κ2) is 6.55. The highest BCUT2D eigenvalue weighted by Crippen LogP contribution is 2.27. The fraction of sp³-hybridized carbons (Fsp3) is 0.333. The third kappa shape index (κ3) is 4.01. The summed E-state index contributed by atoms with van der Waals surface area (Å²) < 4.78 is 27.4. The van der Waals surface area contributed by atoms with Crippen molar-refractivity contribution < 1.29 is 13.2 Å². The van der Waals surface area contributed by atoms with Gasteiger partial charge < -0.3 is 4.74 Å². The Morgan fingerprint density at radius 1 is 1.12 bits per heavy atom. The lowest BCUT2D eigenvalue weighted by atomic mass is 10.1. The van der Waals surface area contributed by atoms with Crippen LogP contribution in [0.4, 0.5) is 0 Å². The highest BCUT2D eigenvalue weighted by Gasteiger charge is 2.17. The topological polar surface area (TPSA) is 43.4 Å². The minimum absolute atomic E-state index is 0. The van der Waals surface area contributed by atoms with Crippen LogP contribution in [0.25, 0.3) is 0 Å². The van der Waals surface area contributed by atoms with Crippen LogP contribution in [0.2, 0.25) is 0 Å². The molecule has 0 saturated heterocycles. The first-order chi connectivity index (χ1) is 6.36. The number of methoxy groups -OCH3 is 1. The smallest absolute Gasteiger partial charge is 0.261 e. The van der Waals surface area contributed by atoms with Crippen molar-refractivity contribution in [1.29, 1.82) is 0 Å². The molecular weight excluding hydrogens is 295 g/mol. The predicted octanol–water partition coefficient (Wildman–Crippen LogP) is 3.08. The van der Waals surface area contributed by atoms with Crippen molar-refractivity contribution in [3.05, 3.63) is 23.3 Å². The number of hydrogen-bond acceptors (Lipinski definition) is 3. The molecule has 0 unspecified atom stereocenters. The summed E-state index contributed by atoms with van der Waals surface area (Å²) in [5, 5.41) is 0. The third-order valence-electron chi connectivity index (χ3n) is 1.91. The second-order valence-electron chi connectivity index (χ2n) is 3.03. The van der Waals surface area contributed by atoms with E-state index in [0.29, 0.717) is 16.9 Å². The number of rotatable bonds is 2. The average molecular weight is 308 g/mol. The first-order valence-corrected chi connectivity index (χ1v) is 6.27. The molecule has 0 aliphatic rings. The molecule has 0 N–H and O–H groups in total. The average Bonchev–Trinajstić information content (AvgIpc) is 1.99. The molecule has 1 aromatic carbocycles. The molecule has 0 aliphatic heterocycles. The summed E-state index contributed by atoms with van der Waals surface area (Å²) in [7, 11) is 3.15. The number of ether oxygens (including phenoxy) is 1. The van der Waals surface area contributed by atoms with Crippen LogP contribution in [0.15, 0.2) is 17.0 Å². The maximum atomic E-state index is 11.2. The SMILES string of the molecule is COc1cc(C)c(S(=O)(=O)Cl)c(C)c1.Cl.Cl. The van der Waals surface area contributed by atoms with Crippen molar-refractivity contribution in [3.8, 4) is 5.75 Å². The van der Waals surface area contributed by atoms with Gasteiger partial charge >= 0.3 is 0 Å². The van der Waals surface area contributed by atoms with Crippen LogP contribution < -0.4 is 4.74 Å². The van der Waals surface area contributed by atoms with Crippen LogP contribution in [-0.2, 0) is 9.05 Å². The van der Waals surface area contributed by atoms with Gasteiger partial charge in [-0.15, -0.1) is 24.8 Å². The molecule has 0 fully saturated rings. The van der Waals surface area contributed by atoms with Crippen molar-refractivity contribution >= 4 is 44.5 Å². The Morgan fingerprint density at radius 3 is 1.75 bits per heavy atom. The standard InChI is InChI=1S/C9H11ClO3S.2ClH/c1-6-4-8(13-3)5-7(2)9(6)14(10,11)12;;/h4-5H,1-3H3;2*1H. The Kier molecular flexibility index (Phi) is 7.45. The highest BCUT2D eigenvalue weighted by molar-refractivity contribution is 8.13. The van der Waals surface area contributed by atoms with E-state index in [1.165, 1.54) is 7.11 Å². The van der Waals surface area contributed by atoms with Gasteiger partial charge in [0.05, 0.1) is 12.0 Å². The monoisotopic (exact) mass is 306 g/mol. The van der Waals surface area contributed by atoms with Crippen molar-refractivity contribution in [1.82, 2.24) is 0 Å². The van der Waals surface area contributed by atoms with E-state index in [-0.39, 0.29) is 29.7 Å². The van der Waals surface area contributed by atoms with Crippen LogP contribution in [0, 0.1) is 13.8 Å². The quantitative estimate of drug-likeness (QED) is 0.789. The number of benzene rings is 1. The Balaban J connectivity index is 0. The molecule has 0 heterocycles. The lowest BCUT2D eigenvalue weighted by Gasteiger charge is -2.08. The Bertz CT molecular complexity index is 434. The molecule has 0 radical (unpaired) electrons. The maximum Gasteiger partial charge on any atom is 0.261 e. The minimum atomic E-state index is -3.67. The molecule has 1 aromatic rings. The lowest BCUT2D eigenvalue weighted by molar-refractivity contribution is 0.413. The van der Waals surface area contributed by atoms with Crippen LogP contribution >= 0.6 is 35.5 Å². The molecule has 0 saturated carbocycles. The fourth-order valence-corrected chi connectivity index (χ4v) is 3.03. The number of halogens is 3. The van der Waals surface area contributed by atoms with Gasteiger partial charge in [0.25, 0.3) is 9.05 Å². The molecule has 0 bridgehead atoms. The van der Waals surface area contributed by atoms with Crippen LogP contribution in [-0.4, -0.2) is 15.5 Å². The molecule has 1 rings (SSSR count). The van der Waals surface area contributed by atoms with Gasteiger partial charge in [-0.3, -0.25) is 0 Å². The van der Waals surface area contributed by atoms with E-state index in [9.17, 15) is 8.42 Å². The van der Waals surface area contributed by atoms with E-state index in [2.05, 4.69) is 0 Å². The molecule has 0 aromatic heterocycles. The maximum absolute atomic E-state index is 11.2. The van der Waals surface area contributed by atoms with Crippen LogP contribution in [0.3, 0.4) is 0 Å². The second-order valence-corrected chi connectivity index (χ2v) is 5.53. The summed E-state index contributed by atoms with van der Waals surface area (Å²) in [5.74, 6) is 0.629. The zero-order valence-electron chi connectivity index (χ0n) is 8.98.